The summed E-state index contributed by atoms with van der Waals surface area (Å²) in [5.74, 6) is 0.456. The number of amides is 1. The Morgan fingerprint density at radius 3 is 2.96 bits per heavy atom. The van der Waals surface area contributed by atoms with Crippen molar-refractivity contribution in [3.8, 4) is 0 Å². The topological polar surface area (TPSA) is 88.3 Å². The molecule has 0 unspecified atom stereocenters. The molecule has 1 atom stereocenters. The molecule has 0 radical (unpaired) electrons. The van der Waals surface area contributed by atoms with E-state index in [4.69, 9.17) is 0 Å². The van der Waals surface area contributed by atoms with E-state index in [0.29, 0.717) is 23.6 Å². The number of piperidine rings is 1. The normalized spacial score (nSPS) is 18.0. The van der Waals surface area contributed by atoms with Gasteiger partial charge in [-0.3, -0.25) is 18.7 Å². The molecule has 3 aromatic heterocycles. The number of hydrogen-bond donors (Lipinski definition) is 1. The van der Waals surface area contributed by atoms with E-state index in [-0.39, 0.29) is 17.5 Å². The Labute approximate surface area is 144 Å². The van der Waals surface area contributed by atoms with E-state index < -0.39 is 0 Å². The average molecular weight is 340 g/mol. The van der Waals surface area contributed by atoms with Gasteiger partial charge in [0.05, 0.1) is 17.3 Å². The van der Waals surface area contributed by atoms with Gasteiger partial charge in [-0.25, -0.2) is 4.98 Å². The number of nitrogens with one attached hydrogen (secondary N) is 1. The summed E-state index contributed by atoms with van der Waals surface area (Å²) in [5.41, 5.74) is 1.92. The van der Waals surface area contributed by atoms with E-state index in [1.54, 1.807) is 36.4 Å². The number of aromatic amines is 1. The number of nitrogens with zero attached hydrogens (tertiary/aromatic N) is 5. The number of imidazole rings is 1. The molecule has 1 saturated heterocycles. The van der Waals surface area contributed by atoms with Crippen LogP contribution in [0.1, 0.15) is 47.1 Å². The monoisotopic (exact) mass is 340 g/mol. The zero-order valence-corrected chi connectivity index (χ0v) is 14.3. The van der Waals surface area contributed by atoms with Crippen LogP contribution < -0.4 is 5.56 Å². The number of carbonyl (C=O) groups is 1. The molecule has 1 fully saturated rings. The molecular formula is C17H20N6O2. The highest BCUT2D eigenvalue weighted by atomic mass is 16.2. The van der Waals surface area contributed by atoms with E-state index in [1.165, 1.54) is 4.40 Å². The zero-order chi connectivity index (χ0) is 17.6. The molecule has 0 aromatic carbocycles. The number of likely N-dealkylation sites (tertiary alicyclic amines) is 1. The van der Waals surface area contributed by atoms with Crippen molar-refractivity contribution in [1.82, 2.24) is 29.0 Å². The quantitative estimate of drug-likeness (QED) is 0.764. The van der Waals surface area contributed by atoms with Crippen LogP contribution in [0.3, 0.4) is 0 Å². The van der Waals surface area contributed by atoms with Crippen LogP contribution in [0.2, 0.25) is 0 Å². The standard InChI is InChI=1S/C17H20N6O2/c1-11-12(10-21(2)20-11)16(25)22-7-4-3-5-14(22)13-9-15(24)23-8-6-18-17(23)19-13/h6,8-10,14H,3-5,7H2,1-2H3,(H,18,19)/t14-/m1/s1. The van der Waals surface area contributed by atoms with Crippen LogP contribution in [0.4, 0.5) is 0 Å². The van der Waals surface area contributed by atoms with Crippen LogP contribution in [-0.4, -0.2) is 41.5 Å². The molecule has 4 rings (SSSR count). The van der Waals surface area contributed by atoms with E-state index >= 15 is 0 Å². The van der Waals surface area contributed by atoms with Gasteiger partial charge in [0.2, 0.25) is 5.78 Å². The third-order valence-corrected chi connectivity index (χ3v) is 4.78. The van der Waals surface area contributed by atoms with Crippen LogP contribution >= 0.6 is 0 Å². The lowest BCUT2D eigenvalue weighted by Gasteiger charge is -2.35. The number of fused-ring (bicyclic) bond motifs is 1. The second-order valence-corrected chi connectivity index (χ2v) is 6.50. The van der Waals surface area contributed by atoms with Crippen LogP contribution in [0.15, 0.2) is 29.5 Å². The average Bonchev–Trinajstić information content (AvgIpc) is 3.20. The lowest BCUT2D eigenvalue weighted by atomic mass is 9.98. The fourth-order valence-electron chi connectivity index (χ4n) is 3.58. The molecule has 1 N–H and O–H groups in total. The molecular weight excluding hydrogens is 320 g/mol. The predicted molar refractivity (Wildman–Crippen MR) is 91.4 cm³/mol. The lowest BCUT2D eigenvalue weighted by molar-refractivity contribution is 0.0605. The molecule has 130 valence electrons. The fraction of sp³-hybridized carbons (Fsp3) is 0.412. The predicted octanol–water partition coefficient (Wildman–Crippen LogP) is 1.43. The molecule has 8 nitrogen and oxygen atoms in total. The highest BCUT2D eigenvalue weighted by Crippen LogP contribution is 2.31. The lowest BCUT2D eigenvalue weighted by Crippen LogP contribution is -2.39. The highest BCUT2D eigenvalue weighted by molar-refractivity contribution is 5.95. The summed E-state index contributed by atoms with van der Waals surface area (Å²) in [7, 11) is 1.81. The third-order valence-electron chi connectivity index (χ3n) is 4.78. The molecule has 0 bridgehead atoms. The minimum Gasteiger partial charge on any atom is -0.330 e. The van der Waals surface area contributed by atoms with Gasteiger partial charge in [-0.15, -0.1) is 0 Å². The van der Waals surface area contributed by atoms with Crippen molar-refractivity contribution in [3.05, 3.63) is 52.0 Å². The van der Waals surface area contributed by atoms with Crippen molar-refractivity contribution >= 4 is 11.7 Å². The molecule has 0 aliphatic carbocycles. The molecule has 0 spiro atoms. The first-order chi connectivity index (χ1) is 12.0. The summed E-state index contributed by atoms with van der Waals surface area (Å²) >= 11 is 0. The maximum atomic E-state index is 13.1. The number of hydrogen-bond acceptors (Lipinski definition) is 4. The van der Waals surface area contributed by atoms with Crippen molar-refractivity contribution in [1.29, 1.82) is 0 Å². The second-order valence-electron chi connectivity index (χ2n) is 6.50. The van der Waals surface area contributed by atoms with Gasteiger partial charge in [0.15, 0.2) is 0 Å². The van der Waals surface area contributed by atoms with Gasteiger partial charge in [-0.1, -0.05) is 0 Å². The first-order valence-electron chi connectivity index (χ1n) is 8.42. The highest BCUT2D eigenvalue weighted by Gasteiger charge is 2.31. The first kappa shape index (κ1) is 15.6. The van der Waals surface area contributed by atoms with E-state index in [9.17, 15) is 9.59 Å². The minimum atomic E-state index is -0.157. The Morgan fingerprint density at radius 1 is 1.36 bits per heavy atom. The van der Waals surface area contributed by atoms with Crippen LogP contribution in [0.5, 0.6) is 0 Å². The molecule has 4 heterocycles. The molecule has 1 aliphatic heterocycles. The Hall–Kier alpha value is -2.90. The maximum Gasteiger partial charge on any atom is 0.259 e. The van der Waals surface area contributed by atoms with E-state index in [0.717, 1.165) is 25.0 Å². The van der Waals surface area contributed by atoms with E-state index in [2.05, 4.69) is 15.1 Å². The van der Waals surface area contributed by atoms with Crippen molar-refractivity contribution < 1.29 is 4.79 Å². The smallest absolute Gasteiger partial charge is 0.259 e. The molecule has 1 aliphatic rings. The second kappa shape index (κ2) is 5.87. The van der Waals surface area contributed by atoms with Crippen LogP contribution in [0.25, 0.3) is 5.78 Å². The summed E-state index contributed by atoms with van der Waals surface area (Å²) in [4.78, 5) is 34.6. The SMILES string of the molecule is Cc1nn(C)cc1C(=O)N1CCCC[C@@H]1c1cc(=O)n2ccnc2[nH]1. The van der Waals surface area contributed by atoms with Gasteiger partial charge in [-0.05, 0) is 26.2 Å². The van der Waals surface area contributed by atoms with Gasteiger partial charge in [0.25, 0.3) is 11.5 Å². The summed E-state index contributed by atoms with van der Waals surface area (Å²) in [6.45, 7) is 2.50. The van der Waals surface area contributed by atoms with Gasteiger partial charge < -0.3 is 9.88 Å². The van der Waals surface area contributed by atoms with Crippen molar-refractivity contribution in [3.63, 3.8) is 0 Å². The zero-order valence-electron chi connectivity index (χ0n) is 14.3. The van der Waals surface area contributed by atoms with Gasteiger partial charge >= 0.3 is 0 Å². The van der Waals surface area contributed by atoms with E-state index in [1.807, 2.05) is 11.8 Å². The van der Waals surface area contributed by atoms with Crippen molar-refractivity contribution in [2.24, 2.45) is 7.05 Å². The van der Waals surface area contributed by atoms with Crippen molar-refractivity contribution in [2.45, 2.75) is 32.2 Å². The first-order valence-corrected chi connectivity index (χ1v) is 8.42. The Bertz CT molecular complexity index is 998. The number of H-pyrrole nitrogens is 1. The summed E-state index contributed by atoms with van der Waals surface area (Å²) in [6.07, 6.45) is 7.75. The summed E-state index contributed by atoms with van der Waals surface area (Å²) in [5, 5.41) is 4.27. The van der Waals surface area contributed by atoms with Gasteiger partial charge in [-0.2, -0.15) is 5.10 Å². The largest absolute Gasteiger partial charge is 0.330 e. The number of aryl methyl sites for hydroxylation is 2. The molecule has 8 heteroatoms. The van der Waals surface area contributed by atoms with Crippen molar-refractivity contribution in [2.75, 3.05) is 6.54 Å². The third kappa shape index (κ3) is 2.63. The molecule has 1 amide bonds. The van der Waals surface area contributed by atoms with Crippen LogP contribution in [-0.2, 0) is 7.05 Å². The Balaban J connectivity index is 1.74. The fourth-order valence-corrected chi connectivity index (χ4v) is 3.58. The summed E-state index contributed by atoms with van der Waals surface area (Å²) in [6, 6.07) is 1.41. The number of rotatable bonds is 2. The van der Waals surface area contributed by atoms with Gasteiger partial charge in [0, 0.05) is 43.9 Å². The molecule has 0 saturated carbocycles. The summed E-state index contributed by atoms with van der Waals surface area (Å²) < 4.78 is 3.11. The van der Waals surface area contributed by atoms with Gasteiger partial charge in [0.1, 0.15) is 0 Å². The number of aromatic nitrogens is 5. The Kier molecular flexibility index (Phi) is 3.67. The molecule has 3 aromatic rings. The Morgan fingerprint density at radius 2 is 2.20 bits per heavy atom. The maximum absolute atomic E-state index is 13.1. The number of carbonyl (C=O) groups excluding carboxylic acids is 1. The minimum absolute atomic E-state index is 0.0423. The van der Waals surface area contributed by atoms with Crippen LogP contribution in [0, 0.1) is 6.92 Å². The molecule has 25 heavy (non-hydrogen) atoms.